The molecule has 0 saturated carbocycles. The smallest absolute Gasteiger partial charge is 0.247 e. The topological polar surface area (TPSA) is 108 Å². The summed E-state index contributed by atoms with van der Waals surface area (Å²) in [6.45, 7) is 0. The fourth-order valence-corrected chi connectivity index (χ4v) is 2.47. The maximum absolute atomic E-state index is 11.9. The van der Waals surface area contributed by atoms with E-state index < -0.39 is 5.91 Å². The van der Waals surface area contributed by atoms with Crippen LogP contribution in [0.25, 0.3) is 0 Å². The number of hydroxylamine groups is 1. The van der Waals surface area contributed by atoms with Crippen LogP contribution >= 0.6 is 0 Å². The first kappa shape index (κ1) is 20.1. The van der Waals surface area contributed by atoms with Gasteiger partial charge in [0.25, 0.3) is 0 Å². The Hall–Kier alpha value is -3.19. The number of hydrogen-bond donors (Lipinski definition) is 4. The van der Waals surface area contributed by atoms with E-state index in [4.69, 9.17) is 5.21 Å². The van der Waals surface area contributed by atoms with E-state index in [0.29, 0.717) is 31.4 Å². The zero-order valence-electron chi connectivity index (χ0n) is 14.9. The number of amides is 3. The van der Waals surface area contributed by atoms with Crippen LogP contribution < -0.4 is 16.1 Å². The predicted molar refractivity (Wildman–Crippen MR) is 102 cm³/mol. The van der Waals surface area contributed by atoms with E-state index in [1.165, 1.54) is 0 Å². The number of rotatable bonds is 9. The first-order chi connectivity index (χ1) is 13.1. The highest BCUT2D eigenvalue weighted by Crippen LogP contribution is 2.12. The van der Waals surface area contributed by atoms with E-state index in [2.05, 4.69) is 10.6 Å². The summed E-state index contributed by atoms with van der Waals surface area (Å²) in [7, 11) is 0. The Morgan fingerprint density at radius 3 is 1.74 bits per heavy atom. The second-order valence-electron chi connectivity index (χ2n) is 6.08. The largest absolute Gasteiger partial charge is 0.326 e. The minimum atomic E-state index is -0.497. The van der Waals surface area contributed by atoms with Gasteiger partial charge in [-0.3, -0.25) is 19.6 Å². The number of benzene rings is 2. The van der Waals surface area contributed by atoms with Gasteiger partial charge in [-0.15, -0.1) is 0 Å². The maximum Gasteiger partial charge on any atom is 0.247 e. The molecule has 0 aliphatic carbocycles. The van der Waals surface area contributed by atoms with Crippen molar-refractivity contribution in [3.63, 3.8) is 0 Å². The van der Waals surface area contributed by atoms with E-state index in [-0.39, 0.29) is 18.2 Å². The third kappa shape index (κ3) is 7.70. The van der Waals surface area contributed by atoms with E-state index >= 15 is 0 Å². The van der Waals surface area contributed by atoms with Crippen molar-refractivity contribution < 1.29 is 19.6 Å². The van der Waals surface area contributed by atoms with Gasteiger partial charge < -0.3 is 10.6 Å². The molecule has 0 spiro atoms. The molecule has 3 amide bonds. The summed E-state index contributed by atoms with van der Waals surface area (Å²) >= 11 is 0. The Kier molecular flexibility index (Phi) is 7.99. The van der Waals surface area contributed by atoms with Gasteiger partial charge in [0.2, 0.25) is 17.7 Å². The lowest BCUT2D eigenvalue weighted by Crippen LogP contribution is -2.20. The van der Waals surface area contributed by atoms with Crippen molar-refractivity contribution in [1.82, 2.24) is 5.48 Å². The SMILES string of the molecule is O=C(Cc1ccc(NC(=O)CCCCC(=O)Nc2ccccc2)cc1)NO. The molecule has 0 aliphatic rings. The van der Waals surface area contributed by atoms with Crippen LogP contribution in [0.15, 0.2) is 54.6 Å². The number of nitrogens with one attached hydrogen (secondary N) is 3. The first-order valence-corrected chi connectivity index (χ1v) is 8.73. The van der Waals surface area contributed by atoms with Crippen molar-refractivity contribution in [2.45, 2.75) is 32.1 Å². The number of carbonyl (C=O) groups excluding carboxylic acids is 3. The molecule has 2 aromatic carbocycles. The molecule has 2 rings (SSSR count). The van der Waals surface area contributed by atoms with Crippen LogP contribution in [-0.4, -0.2) is 22.9 Å². The van der Waals surface area contributed by atoms with Gasteiger partial charge in [-0.1, -0.05) is 30.3 Å². The molecule has 7 nitrogen and oxygen atoms in total. The highest BCUT2D eigenvalue weighted by atomic mass is 16.5. The Morgan fingerprint density at radius 1 is 0.704 bits per heavy atom. The summed E-state index contributed by atoms with van der Waals surface area (Å²) in [5.41, 5.74) is 3.70. The van der Waals surface area contributed by atoms with E-state index in [1.807, 2.05) is 30.3 Å². The molecule has 0 saturated heterocycles. The zero-order chi connectivity index (χ0) is 19.5. The third-order valence-electron chi connectivity index (χ3n) is 3.84. The van der Waals surface area contributed by atoms with Crippen LogP contribution in [-0.2, 0) is 20.8 Å². The summed E-state index contributed by atoms with van der Waals surface area (Å²) in [6.07, 6.45) is 2.00. The molecule has 0 fully saturated rings. The van der Waals surface area contributed by atoms with Gasteiger partial charge >= 0.3 is 0 Å². The average molecular weight is 369 g/mol. The second kappa shape index (κ2) is 10.7. The predicted octanol–water partition coefficient (Wildman–Crippen LogP) is 2.87. The van der Waals surface area contributed by atoms with Crippen LogP contribution in [0.2, 0.25) is 0 Å². The minimum Gasteiger partial charge on any atom is -0.326 e. The van der Waals surface area contributed by atoms with Crippen molar-refractivity contribution in [2.75, 3.05) is 10.6 Å². The molecule has 0 aromatic heterocycles. The first-order valence-electron chi connectivity index (χ1n) is 8.73. The highest BCUT2D eigenvalue weighted by molar-refractivity contribution is 5.91. The molecule has 0 unspecified atom stereocenters. The summed E-state index contributed by atoms with van der Waals surface area (Å²) in [4.78, 5) is 34.9. The van der Waals surface area contributed by atoms with Crippen LogP contribution in [0.3, 0.4) is 0 Å². The fraction of sp³-hybridized carbons (Fsp3) is 0.250. The summed E-state index contributed by atoms with van der Waals surface area (Å²) < 4.78 is 0. The molecule has 7 heteroatoms. The van der Waals surface area contributed by atoms with Crippen LogP contribution in [0, 0.1) is 0 Å². The van der Waals surface area contributed by atoms with Crippen molar-refractivity contribution in [3.05, 3.63) is 60.2 Å². The molecule has 27 heavy (non-hydrogen) atoms. The maximum atomic E-state index is 11.9. The van der Waals surface area contributed by atoms with Crippen LogP contribution in [0.5, 0.6) is 0 Å². The van der Waals surface area contributed by atoms with Gasteiger partial charge in [0, 0.05) is 24.2 Å². The van der Waals surface area contributed by atoms with E-state index in [1.54, 1.807) is 29.7 Å². The standard InChI is InChI=1S/C20H23N3O4/c24-18(21-16-6-2-1-3-7-16)8-4-5-9-19(25)22-17-12-10-15(11-13-17)14-20(26)23-27/h1-3,6-7,10-13,27H,4-5,8-9,14H2,(H,21,24)(H,22,25)(H,23,26). The minimum absolute atomic E-state index is 0.0652. The summed E-state index contributed by atoms with van der Waals surface area (Å²) in [6, 6.07) is 16.1. The van der Waals surface area contributed by atoms with Crippen molar-refractivity contribution in [2.24, 2.45) is 0 Å². The fourth-order valence-electron chi connectivity index (χ4n) is 2.47. The normalized spacial score (nSPS) is 10.1. The number of anilines is 2. The number of carbonyl (C=O) groups is 3. The molecule has 0 heterocycles. The Bertz CT molecular complexity index is 761. The van der Waals surface area contributed by atoms with Crippen LogP contribution in [0.4, 0.5) is 11.4 Å². The van der Waals surface area contributed by atoms with Gasteiger partial charge in [-0.2, -0.15) is 0 Å². The lowest BCUT2D eigenvalue weighted by molar-refractivity contribution is -0.128. The number of hydrogen-bond acceptors (Lipinski definition) is 4. The van der Waals surface area contributed by atoms with Gasteiger partial charge in [0.05, 0.1) is 6.42 Å². The van der Waals surface area contributed by atoms with E-state index in [0.717, 1.165) is 11.3 Å². The summed E-state index contributed by atoms with van der Waals surface area (Å²) in [5.74, 6) is -0.688. The Balaban J connectivity index is 1.64. The van der Waals surface area contributed by atoms with Gasteiger partial charge in [-0.25, -0.2) is 5.48 Å². The lowest BCUT2D eigenvalue weighted by Gasteiger charge is -2.07. The third-order valence-corrected chi connectivity index (χ3v) is 3.84. The number of unbranched alkanes of at least 4 members (excludes halogenated alkanes) is 1. The molecule has 4 N–H and O–H groups in total. The van der Waals surface area contributed by atoms with E-state index in [9.17, 15) is 14.4 Å². The highest BCUT2D eigenvalue weighted by Gasteiger charge is 2.06. The summed E-state index contributed by atoms with van der Waals surface area (Å²) in [5, 5.41) is 14.1. The lowest BCUT2D eigenvalue weighted by atomic mass is 10.1. The molecule has 0 atom stereocenters. The molecule has 0 aliphatic heterocycles. The molecule has 2 aromatic rings. The van der Waals surface area contributed by atoms with Crippen molar-refractivity contribution >= 4 is 29.1 Å². The molecule has 0 radical (unpaired) electrons. The molecular weight excluding hydrogens is 346 g/mol. The quantitative estimate of drug-likeness (QED) is 0.310. The average Bonchev–Trinajstić information content (AvgIpc) is 2.67. The monoisotopic (exact) mass is 369 g/mol. The molecule has 0 bridgehead atoms. The Morgan fingerprint density at radius 2 is 1.22 bits per heavy atom. The van der Waals surface area contributed by atoms with Gasteiger partial charge in [0.15, 0.2) is 0 Å². The molecule has 142 valence electrons. The second-order valence-corrected chi connectivity index (χ2v) is 6.08. The zero-order valence-corrected chi connectivity index (χ0v) is 14.9. The van der Waals surface area contributed by atoms with Crippen molar-refractivity contribution in [1.29, 1.82) is 0 Å². The Labute approximate surface area is 157 Å². The van der Waals surface area contributed by atoms with Gasteiger partial charge in [0.1, 0.15) is 0 Å². The number of para-hydroxylation sites is 1. The van der Waals surface area contributed by atoms with Crippen molar-refractivity contribution in [3.8, 4) is 0 Å². The van der Waals surface area contributed by atoms with Crippen LogP contribution in [0.1, 0.15) is 31.2 Å². The molecular formula is C20H23N3O4. The van der Waals surface area contributed by atoms with Gasteiger partial charge in [-0.05, 0) is 42.7 Å².